The minimum absolute atomic E-state index is 0.0558. The third-order valence-electron chi connectivity index (χ3n) is 3.75. The Labute approximate surface area is 158 Å². The maximum Gasteiger partial charge on any atom is 0.303 e. The Morgan fingerprint density at radius 2 is 1.56 bits per heavy atom. The standard InChI is InChI=1S/C19H22N2O5S/c1-19(2,13-18(23)24)12-17(22)20-15-10-6-7-11-16(15)27(25,26)21-14-8-4-3-5-9-14/h3-11,21H,12-13H2,1-2H3,(H,20,22)(H,23,24). The second-order valence-corrected chi connectivity index (χ2v) is 8.58. The Kier molecular flexibility index (Phi) is 6.22. The fourth-order valence-electron chi connectivity index (χ4n) is 2.62. The van der Waals surface area contributed by atoms with Crippen LogP contribution in [-0.4, -0.2) is 25.4 Å². The molecule has 0 aromatic heterocycles. The highest BCUT2D eigenvalue weighted by atomic mass is 32.2. The van der Waals surface area contributed by atoms with Crippen molar-refractivity contribution in [3.8, 4) is 0 Å². The van der Waals surface area contributed by atoms with Crippen LogP contribution in [0.3, 0.4) is 0 Å². The van der Waals surface area contributed by atoms with Gasteiger partial charge in [-0.05, 0) is 29.7 Å². The molecule has 144 valence electrons. The number of sulfonamides is 1. The van der Waals surface area contributed by atoms with Crippen LogP contribution >= 0.6 is 0 Å². The number of para-hydroxylation sites is 2. The first-order valence-electron chi connectivity index (χ1n) is 8.28. The number of carbonyl (C=O) groups is 2. The van der Waals surface area contributed by atoms with Crippen LogP contribution in [-0.2, 0) is 19.6 Å². The normalized spacial score (nSPS) is 11.6. The quantitative estimate of drug-likeness (QED) is 0.640. The molecule has 0 aliphatic heterocycles. The highest BCUT2D eigenvalue weighted by Gasteiger charge is 2.26. The van der Waals surface area contributed by atoms with Crippen LogP contribution < -0.4 is 10.0 Å². The molecule has 27 heavy (non-hydrogen) atoms. The van der Waals surface area contributed by atoms with Crippen LogP contribution in [0.4, 0.5) is 11.4 Å². The van der Waals surface area contributed by atoms with Gasteiger partial charge in [0, 0.05) is 12.1 Å². The summed E-state index contributed by atoms with van der Waals surface area (Å²) in [4.78, 5) is 23.2. The van der Waals surface area contributed by atoms with Crippen molar-refractivity contribution >= 4 is 33.3 Å². The van der Waals surface area contributed by atoms with Gasteiger partial charge in [0.05, 0.1) is 12.1 Å². The van der Waals surface area contributed by atoms with Crippen LogP contribution in [0.1, 0.15) is 26.7 Å². The summed E-state index contributed by atoms with van der Waals surface area (Å²) in [5.41, 5.74) is -0.218. The smallest absolute Gasteiger partial charge is 0.303 e. The SMILES string of the molecule is CC(C)(CC(=O)O)CC(=O)Nc1ccccc1S(=O)(=O)Nc1ccccc1. The first-order chi connectivity index (χ1) is 12.6. The maximum absolute atomic E-state index is 12.7. The van der Waals surface area contributed by atoms with Gasteiger partial charge >= 0.3 is 5.97 Å². The molecule has 0 radical (unpaired) electrons. The van der Waals surface area contributed by atoms with Crippen molar-refractivity contribution in [2.24, 2.45) is 5.41 Å². The number of nitrogens with one attached hydrogen (secondary N) is 2. The number of aliphatic carboxylic acids is 1. The van der Waals surface area contributed by atoms with Gasteiger partial charge in [0.1, 0.15) is 4.90 Å². The third-order valence-corrected chi connectivity index (χ3v) is 5.19. The van der Waals surface area contributed by atoms with E-state index in [0.717, 1.165) is 0 Å². The zero-order chi connectivity index (χ0) is 20.1. The van der Waals surface area contributed by atoms with Crippen LogP contribution in [0.25, 0.3) is 0 Å². The monoisotopic (exact) mass is 390 g/mol. The Bertz CT molecular complexity index is 924. The van der Waals surface area contributed by atoms with Crippen molar-refractivity contribution in [2.45, 2.75) is 31.6 Å². The van der Waals surface area contributed by atoms with Gasteiger partial charge in [-0.15, -0.1) is 0 Å². The largest absolute Gasteiger partial charge is 0.481 e. The number of hydrogen-bond acceptors (Lipinski definition) is 4. The van der Waals surface area contributed by atoms with Crippen LogP contribution in [0.15, 0.2) is 59.5 Å². The van der Waals surface area contributed by atoms with Crippen molar-refractivity contribution < 1.29 is 23.1 Å². The summed E-state index contributed by atoms with van der Waals surface area (Å²) < 4.78 is 27.9. The Morgan fingerprint density at radius 1 is 0.963 bits per heavy atom. The minimum Gasteiger partial charge on any atom is -0.481 e. The van der Waals surface area contributed by atoms with Crippen LogP contribution in [0.5, 0.6) is 0 Å². The highest BCUT2D eigenvalue weighted by Crippen LogP contribution is 2.28. The van der Waals surface area contributed by atoms with E-state index in [2.05, 4.69) is 10.0 Å². The molecule has 2 aromatic rings. The molecule has 0 aliphatic carbocycles. The number of carboxylic acid groups (broad SMARTS) is 1. The first-order valence-corrected chi connectivity index (χ1v) is 9.76. The van der Waals surface area contributed by atoms with Gasteiger partial charge in [-0.25, -0.2) is 8.42 Å². The van der Waals surface area contributed by atoms with Crippen molar-refractivity contribution in [3.05, 3.63) is 54.6 Å². The molecule has 0 bridgehead atoms. The Hall–Kier alpha value is -2.87. The van der Waals surface area contributed by atoms with E-state index in [0.29, 0.717) is 5.69 Å². The number of carbonyl (C=O) groups excluding carboxylic acids is 1. The lowest BCUT2D eigenvalue weighted by atomic mass is 9.85. The molecule has 8 heteroatoms. The van der Waals surface area contributed by atoms with E-state index < -0.39 is 27.3 Å². The van der Waals surface area contributed by atoms with Crippen molar-refractivity contribution in [3.63, 3.8) is 0 Å². The molecule has 0 atom stereocenters. The molecule has 0 unspecified atom stereocenters. The average Bonchev–Trinajstić information content (AvgIpc) is 2.53. The van der Waals surface area contributed by atoms with Gasteiger partial charge < -0.3 is 10.4 Å². The van der Waals surface area contributed by atoms with Crippen molar-refractivity contribution in [2.75, 3.05) is 10.0 Å². The predicted octanol–water partition coefficient (Wildman–Crippen LogP) is 3.32. The lowest BCUT2D eigenvalue weighted by Gasteiger charge is -2.22. The predicted molar refractivity (Wildman–Crippen MR) is 103 cm³/mol. The summed E-state index contributed by atoms with van der Waals surface area (Å²) in [5.74, 6) is -1.45. The molecule has 0 heterocycles. The van der Waals surface area contributed by atoms with E-state index in [1.165, 1.54) is 12.1 Å². The molecule has 0 aliphatic rings. The maximum atomic E-state index is 12.7. The molecular weight excluding hydrogens is 368 g/mol. The van der Waals surface area contributed by atoms with Gasteiger partial charge in [-0.3, -0.25) is 14.3 Å². The number of amides is 1. The number of hydrogen-bond donors (Lipinski definition) is 3. The Balaban J connectivity index is 2.20. The molecule has 2 rings (SSSR count). The Morgan fingerprint density at radius 3 is 2.19 bits per heavy atom. The average molecular weight is 390 g/mol. The lowest BCUT2D eigenvalue weighted by molar-refractivity contribution is -0.139. The molecule has 0 spiro atoms. The van der Waals surface area contributed by atoms with E-state index in [1.54, 1.807) is 56.3 Å². The first kappa shape index (κ1) is 20.4. The second-order valence-electron chi connectivity index (χ2n) is 6.93. The number of carboxylic acids is 1. The van der Waals surface area contributed by atoms with E-state index in [1.807, 2.05) is 0 Å². The summed E-state index contributed by atoms with van der Waals surface area (Å²) in [6, 6.07) is 14.5. The van der Waals surface area contributed by atoms with Gasteiger partial charge in [0.2, 0.25) is 5.91 Å². The number of rotatable bonds is 8. The van der Waals surface area contributed by atoms with Crippen LogP contribution in [0, 0.1) is 5.41 Å². The topological polar surface area (TPSA) is 113 Å². The highest BCUT2D eigenvalue weighted by molar-refractivity contribution is 7.92. The van der Waals surface area contributed by atoms with Gasteiger partial charge in [-0.2, -0.15) is 0 Å². The molecule has 0 fully saturated rings. The summed E-state index contributed by atoms with van der Waals surface area (Å²) in [6.07, 6.45) is -0.226. The minimum atomic E-state index is -3.91. The summed E-state index contributed by atoms with van der Waals surface area (Å²) >= 11 is 0. The van der Waals surface area contributed by atoms with Crippen molar-refractivity contribution in [1.82, 2.24) is 0 Å². The zero-order valence-corrected chi connectivity index (χ0v) is 15.9. The molecule has 0 saturated carbocycles. The van der Waals surface area contributed by atoms with Crippen LogP contribution in [0.2, 0.25) is 0 Å². The fourth-order valence-corrected chi connectivity index (χ4v) is 3.84. The number of anilines is 2. The fraction of sp³-hybridized carbons (Fsp3) is 0.263. The summed E-state index contributed by atoms with van der Waals surface area (Å²) in [5, 5.41) is 11.5. The summed E-state index contributed by atoms with van der Waals surface area (Å²) in [6.45, 7) is 3.33. The second kappa shape index (κ2) is 8.22. The summed E-state index contributed by atoms with van der Waals surface area (Å²) in [7, 11) is -3.91. The molecule has 7 nitrogen and oxygen atoms in total. The van der Waals surface area contributed by atoms with Gasteiger partial charge in [0.25, 0.3) is 10.0 Å². The molecule has 1 amide bonds. The van der Waals surface area contributed by atoms with E-state index in [9.17, 15) is 18.0 Å². The van der Waals surface area contributed by atoms with Gasteiger partial charge in [-0.1, -0.05) is 44.2 Å². The van der Waals surface area contributed by atoms with E-state index in [-0.39, 0.29) is 23.4 Å². The number of benzene rings is 2. The molecular formula is C19H22N2O5S. The van der Waals surface area contributed by atoms with Gasteiger partial charge in [0.15, 0.2) is 0 Å². The molecule has 2 aromatic carbocycles. The zero-order valence-electron chi connectivity index (χ0n) is 15.1. The molecule has 3 N–H and O–H groups in total. The van der Waals surface area contributed by atoms with Crippen molar-refractivity contribution in [1.29, 1.82) is 0 Å². The van der Waals surface area contributed by atoms with E-state index in [4.69, 9.17) is 5.11 Å². The third kappa shape index (κ3) is 6.10. The lowest BCUT2D eigenvalue weighted by Crippen LogP contribution is -2.25. The molecule has 0 saturated heterocycles. The van der Waals surface area contributed by atoms with E-state index >= 15 is 0 Å².